The molecule has 1 amide bonds. The van der Waals surface area contributed by atoms with Gasteiger partial charge in [-0.15, -0.1) is 0 Å². The van der Waals surface area contributed by atoms with Crippen LogP contribution in [0.1, 0.15) is 44.9 Å². The van der Waals surface area contributed by atoms with Gasteiger partial charge in [0.15, 0.2) is 0 Å². The van der Waals surface area contributed by atoms with E-state index in [1.54, 1.807) is 0 Å². The number of hydrogen-bond donors (Lipinski definition) is 1. The molecular formula is C10H19NO2. The molecule has 0 saturated heterocycles. The largest absolute Gasteiger partial charge is 0.277 e. The molecule has 1 fully saturated rings. The quantitative estimate of drug-likeness (QED) is 0.539. The molecule has 0 aliphatic heterocycles. The second-order valence-electron chi connectivity index (χ2n) is 3.79. The van der Waals surface area contributed by atoms with Gasteiger partial charge in [0.05, 0.1) is 7.11 Å². The highest BCUT2D eigenvalue weighted by Crippen LogP contribution is 2.25. The predicted octanol–water partition coefficient (Wildman–Crippen LogP) is 2.02. The van der Waals surface area contributed by atoms with E-state index in [0.717, 1.165) is 0 Å². The van der Waals surface area contributed by atoms with Crippen molar-refractivity contribution < 1.29 is 9.63 Å². The first-order chi connectivity index (χ1) is 6.33. The highest BCUT2D eigenvalue weighted by Gasteiger charge is 2.15. The minimum atomic E-state index is 0.0226. The van der Waals surface area contributed by atoms with Crippen LogP contribution in [0.15, 0.2) is 0 Å². The fraction of sp³-hybridized carbons (Fsp3) is 0.900. The van der Waals surface area contributed by atoms with Crippen LogP contribution in [0, 0.1) is 5.92 Å². The number of carbonyl (C=O) groups excluding carboxylic acids is 1. The smallest absolute Gasteiger partial charge is 0.243 e. The van der Waals surface area contributed by atoms with Gasteiger partial charge in [-0.3, -0.25) is 9.63 Å². The maximum atomic E-state index is 11.2. The second-order valence-corrected chi connectivity index (χ2v) is 3.79. The third kappa shape index (κ3) is 4.27. The fourth-order valence-corrected chi connectivity index (χ4v) is 1.99. The van der Waals surface area contributed by atoms with Crippen molar-refractivity contribution >= 4 is 5.91 Å². The van der Waals surface area contributed by atoms with E-state index in [-0.39, 0.29) is 5.91 Å². The standard InChI is InChI=1S/C10H19NO2/c1-13-11-10(12)8-9-6-4-2-3-5-7-9/h9H,2-8H2,1H3,(H,11,12). The van der Waals surface area contributed by atoms with Crippen LogP contribution < -0.4 is 5.48 Å². The molecule has 0 unspecified atom stereocenters. The van der Waals surface area contributed by atoms with Gasteiger partial charge in [0.1, 0.15) is 0 Å². The minimum absolute atomic E-state index is 0.0226. The van der Waals surface area contributed by atoms with Crippen LogP contribution in [0.5, 0.6) is 0 Å². The van der Waals surface area contributed by atoms with Gasteiger partial charge < -0.3 is 0 Å². The molecule has 0 spiro atoms. The number of rotatable bonds is 3. The Bertz CT molecular complexity index is 151. The third-order valence-electron chi connectivity index (χ3n) is 2.66. The first-order valence-electron chi connectivity index (χ1n) is 5.14. The predicted molar refractivity (Wildman–Crippen MR) is 51.0 cm³/mol. The molecule has 3 nitrogen and oxygen atoms in total. The normalized spacial score (nSPS) is 19.5. The van der Waals surface area contributed by atoms with E-state index in [4.69, 9.17) is 0 Å². The Morgan fingerprint density at radius 2 is 1.92 bits per heavy atom. The molecule has 0 heterocycles. The maximum absolute atomic E-state index is 11.2. The third-order valence-corrected chi connectivity index (χ3v) is 2.66. The second kappa shape index (κ2) is 5.97. The monoisotopic (exact) mass is 185 g/mol. The van der Waals surface area contributed by atoms with E-state index < -0.39 is 0 Å². The van der Waals surface area contributed by atoms with Crippen LogP contribution in [0.3, 0.4) is 0 Å². The molecule has 1 N–H and O–H groups in total. The lowest BCUT2D eigenvalue weighted by Crippen LogP contribution is -2.24. The number of amides is 1. The first-order valence-corrected chi connectivity index (χ1v) is 5.14. The molecule has 1 aliphatic rings. The Kier molecular flexibility index (Phi) is 4.83. The molecule has 13 heavy (non-hydrogen) atoms. The van der Waals surface area contributed by atoms with Gasteiger partial charge in [-0.1, -0.05) is 25.7 Å². The van der Waals surface area contributed by atoms with Gasteiger partial charge in [-0.25, -0.2) is 5.48 Å². The van der Waals surface area contributed by atoms with E-state index in [2.05, 4.69) is 10.3 Å². The molecule has 0 aromatic heterocycles. The summed E-state index contributed by atoms with van der Waals surface area (Å²) < 4.78 is 0. The van der Waals surface area contributed by atoms with Crippen LogP contribution in [0.4, 0.5) is 0 Å². The van der Waals surface area contributed by atoms with E-state index in [9.17, 15) is 4.79 Å². The highest BCUT2D eigenvalue weighted by atomic mass is 16.6. The van der Waals surface area contributed by atoms with Crippen LogP contribution in [-0.4, -0.2) is 13.0 Å². The van der Waals surface area contributed by atoms with Crippen LogP contribution in [0.2, 0.25) is 0 Å². The SMILES string of the molecule is CONC(=O)CC1CCCCCC1. The summed E-state index contributed by atoms with van der Waals surface area (Å²) >= 11 is 0. The first kappa shape index (κ1) is 10.5. The summed E-state index contributed by atoms with van der Waals surface area (Å²) in [7, 11) is 1.48. The van der Waals surface area contributed by atoms with Crippen molar-refractivity contribution in [3.8, 4) is 0 Å². The Balaban J connectivity index is 2.21. The number of hydrogen-bond acceptors (Lipinski definition) is 2. The van der Waals surface area contributed by atoms with Crippen molar-refractivity contribution in [3.05, 3.63) is 0 Å². The van der Waals surface area contributed by atoms with Gasteiger partial charge in [0.25, 0.3) is 0 Å². The van der Waals surface area contributed by atoms with Crippen molar-refractivity contribution in [2.24, 2.45) is 5.92 Å². The summed E-state index contributed by atoms with van der Waals surface area (Å²) in [5.74, 6) is 0.604. The molecule has 1 rings (SSSR count). The Hall–Kier alpha value is -0.570. The molecule has 1 aliphatic carbocycles. The number of carbonyl (C=O) groups is 1. The average Bonchev–Trinajstić information content (AvgIpc) is 2.33. The fourth-order valence-electron chi connectivity index (χ4n) is 1.99. The lowest BCUT2D eigenvalue weighted by molar-refractivity contribution is -0.132. The van der Waals surface area contributed by atoms with Crippen LogP contribution in [0.25, 0.3) is 0 Å². The molecule has 0 radical (unpaired) electrons. The summed E-state index contributed by atoms with van der Waals surface area (Å²) in [6, 6.07) is 0. The Labute approximate surface area is 79.8 Å². The van der Waals surface area contributed by atoms with E-state index >= 15 is 0 Å². The molecule has 0 atom stereocenters. The minimum Gasteiger partial charge on any atom is -0.277 e. The molecular weight excluding hydrogens is 166 g/mol. The summed E-state index contributed by atoms with van der Waals surface area (Å²) in [6.45, 7) is 0. The lowest BCUT2D eigenvalue weighted by Gasteiger charge is -2.12. The molecule has 0 bridgehead atoms. The Morgan fingerprint density at radius 3 is 2.46 bits per heavy atom. The van der Waals surface area contributed by atoms with Gasteiger partial charge in [0.2, 0.25) is 5.91 Å². The van der Waals surface area contributed by atoms with Crippen molar-refractivity contribution in [1.82, 2.24) is 5.48 Å². The van der Waals surface area contributed by atoms with E-state index in [1.165, 1.54) is 45.6 Å². The van der Waals surface area contributed by atoms with Gasteiger partial charge in [-0.2, -0.15) is 0 Å². The van der Waals surface area contributed by atoms with Crippen LogP contribution in [-0.2, 0) is 9.63 Å². The van der Waals surface area contributed by atoms with Crippen molar-refractivity contribution in [1.29, 1.82) is 0 Å². The highest BCUT2D eigenvalue weighted by molar-refractivity contribution is 5.74. The molecule has 76 valence electrons. The summed E-state index contributed by atoms with van der Waals surface area (Å²) in [5.41, 5.74) is 2.37. The molecule has 0 aromatic carbocycles. The van der Waals surface area contributed by atoms with Crippen molar-refractivity contribution in [2.75, 3.05) is 7.11 Å². The van der Waals surface area contributed by atoms with Gasteiger partial charge >= 0.3 is 0 Å². The summed E-state index contributed by atoms with van der Waals surface area (Å²) in [4.78, 5) is 15.8. The van der Waals surface area contributed by atoms with Gasteiger partial charge in [-0.05, 0) is 18.8 Å². The summed E-state index contributed by atoms with van der Waals surface area (Å²) in [6.07, 6.45) is 8.28. The lowest BCUT2D eigenvalue weighted by atomic mass is 9.96. The number of hydroxylamine groups is 1. The zero-order valence-electron chi connectivity index (χ0n) is 8.34. The topological polar surface area (TPSA) is 38.3 Å². The zero-order chi connectivity index (χ0) is 9.52. The molecule has 3 heteroatoms. The number of nitrogens with one attached hydrogen (secondary N) is 1. The van der Waals surface area contributed by atoms with E-state index in [1.807, 2.05) is 0 Å². The maximum Gasteiger partial charge on any atom is 0.243 e. The van der Waals surface area contributed by atoms with Crippen molar-refractivity contribution in [3.63, 3.8) is 0 Å². The van der Waals surface area contributed by atoms with Crippen molar-refractivity contribution in [2.45, 2.75) is 44.9 Å². The Morgan fingerprint density at radius 1 is 1.31 bits per heavy atom. The van der Waals surface area contributed by atoms with Gasteiger partial charge in [0, 0.05) is 6.42 Å². The van der Waals surface area contributed by atoms with Crippen LogP contribution >= 0.6 is 0 Å². The van der Waals surface area contributed by atoms with E-state index in [0.29, 0.717) is 12.3 Å². The molecule has 1 saturated carbocycles. The average molecular weight is 185 g/mol. The zero-order valence-corrected chi connectivity index (χ0v) is 8.34. The molecule has 0 aromatic rings. The summed E-state index contributed by atoms with van der Waals surface area (Å²) in [5, 5.41) is 0.